The summed E-state index contributed by atoms with van der Waals surface area (Å²) in [4.78, 5) is 21.6. The van der Waals surface area contributed by atoms with Crippen LogP contribution in [0.15, 0.2) is 41.4 Å². The van der Waals surface area contributed by atoms with Crippen LogP contribution in [0.4, 0.5) is 0 Å². The molecule has 0 aliphatic heterocycles. The molecule has 1 unspecified atom stereocenters. The van der Waals surface area contributed by atoms with E-state index in [0.29, 0.717) is 4.88 Å². The highest BCUT2D eigenvalue weighted by atomic mass is 32.1. The summed E-state index contributed by atoms with van der Waals surface area (Å²) < 4.78 is 0. The number of amides is 1. The Kier molecular flexibility index (Phi) is 4.31. The maximum absolute atomic E-state index is 12.5. The number of nitrogens with zero attached hydrogens (tertiary/aromatic N) is 2. The van der Waals surface area contributed by atoms with Crippen molar-refractivity contribution in [3.8, 4) is 10.6 Å². The van der Waals surface area contributed by atoms with Crippen LogP contribution in [0.2, 0.25) is 0 Å². The van der Waals surface area contributed by atoms with Gasteiger partial charge in [-0.15, -0.1) is 11.3 Å². The number of aromatic nitrogens is 2. The molecule has 0 fully saturated rings. The lowest BCUT2D eigenvalue weighted by Crippen LogP contribution is -2.26. The number of aryl methyl sites for hydroxylation is 1. The van der Waals surface area contributed by atoms with E-state index in [-0.39, 0.29) is 11.9 Å². The van der Waals surface area contributed by atoms with Gasteiger partial charge in [0.1, 0.15) is 9.88 Å². The van der Waals surface area contributed by atoms with E-state index in [1.165, 1.54) is 11.3 Å². The van der Waals surface area contributed by atoms with E-state index < -0.39 is 0 Å². The Morgan fingerprint density at radius 1 is 1.27 bits per heavy atom. The second-order valence-corrected chi connectivity index (χ2v) is 6.70. The lowest BCUT2D eigenvalue weighted by Gasteiger charge is -2.13. The van der Waals surface area contributed by atoms with Crippen LogP contribution in [-0.2, 0) is 0 Å². The Bertz CT molecular complexity index is 766. The van der Waals surface area contributed by atoms with Gasteiger partial charge < -0.3 is 5.32 Å². The molecule has 1 amide bonds. The van der Waals surface area contributed by atoms with E-state index in [9.17, 15) is 4.79 Å². The standard InChI is InChI=1S/C16H15N3OS2/c1-10(12-3-6-17-7-4-12)18-15(20)14-11(2)19-16(22-14)13-5-8-21-9-13/h3-10H,1-2H3,(H,18,20). The first-order valence-electron chi connectivity index (χ1n) is 6.86. The molecule has 3 rings (SSSR count). The Balaban J connectivity index is 1.78. The third-order valence-electron chi connectivity index (χ3n) is 3.32. The Labute approximate surface area is 136 Å². The highest BCUT2D eigenvalue weighted by Gasteiger charge is 2.18. The molecule has 0 saturated heterocycles. The fraction of sp³-hybridized carbons (Fsp3) is 0.188. The van der Waals surface area contributed by atoms with Crippen molar-refractivity contribution < 1.29 is 4.79 Å². The topological polar surface area (TPSA) is 54.9 Å². The minimum atomic E-state index is -0.0826. The van der Waals surface area contributed by atoms with Gasteiger partial charge in [0.05, 0.1) is 11.7 Å². The minimum absolute atomic E-state index is 0.0680. The number of thiazole rings is 1. The summed E-state index contributed by atoms with van der Waals surface area (Å²) in [6, 6.07) is 5.76. The molecule has 0 spiro atoms. The van der Waals surface area contributed by atoms with Gasteiger partial charge in [0.25, 0.3) is 5.91 Å². The fourth-order valence-corrected chi connectivity index (χ4v) is 3.80. The van der Waals surface area contributed by atoms with Crippen LogP contribution < -0.4 is 5.32 Å². The van der Waals surface area contributed by atoms with Crippen molar-refractivity contribution in [2.24, 2.45) is 0 Å². The van der Waals surface area contributed by atoms with Crippen LogP contribution in [0.3, 0.4) is 0 Å². The quantitative estimate of drug-likeness (QED) is 0.785. The van der Waals surface area contributed by atoms with Crippen molar-refractivity contribution in [3.05, 3.63) is 57.5 Å². The van der Waals surface area contributed by atoms with Crippen molar-refractivity contribution in [2.75, 3.05) is 0 Å². The summed E-state index contributed by atoms with van der Waals surface area (Å²) in [5.74, 6) is -0.0826. The van der Waals surface area contributed by atoms with Crippen molar-refractivity contribution >= 4 is 28.6 Å². The number of thiophene rings is 1. The van der Waals surface area contributed by atoms with E-state index in [1.54, 1.807) is 23.7 Å². The predicted molar refractivity (Wildman–Crippen MR) is 90.3 cm³/mol. The molecule has 22 heavy (non-hydrogen) atoms. The van der Waals surface area contributed by atoms with Crippen LogP contribution in [0.25, 0.3) is 10.6 Å². The zero-order valence-electron chi connectivity index (χ0n) is 12.2. The number of nitrogens with one attached hydrogen (secondary N) is 1. The summed E-state index contributed by atoms with van der Waals surface area (Å²) in [5, 5.41) is 7.96. The highest BCUT2D eigenvalue weighted by Crippen LogP contribution is 2.29. The van der Waals surface area contributed by atoms with Gasteiger partial charge in [-0.25, -0.2) is 4.98 Å². The van der Waals surface area contributed by atoms with Gasteiger partial charge in [-0.05, 0) is 43.0 Å². The number of carbonyl (C=O) groups is 1. The van der Waals surface area contributed by atoms with Crippen LogP contribution in [0, 0.1) is 6.92 Å². The molecule has 3 aromatic rings. The number of hydrogen-bond acceptors (Lipinski definition) is 5. The molecular weight excluding hydrogens is 314 g/mol. The van der Waals surface area contributed by atoms with Crippen LogP contribution in [0.5, 0.6) is 0 Å². The molecule has 1 atom stereocenters. The zero-order chi connectivity index (χ0) is 15.5. The van der Waals surface area contributed by atoms with Gasteiger partial charge in [0.2, 0.25) is 0 Å². The number of carbonyl (C=O) groups excluding carboxylic acids is 1. The first-order valence-corrected chi connectivity index (χ1v) is 8.62. The number of pyridine rings is 1. The second-order valence-electron chi connectivity index (χ2n) is 4.92. The summed E-state index contributed by atoms with van der Waals surface area (Å²) in [5.41, 5.74) is 2.87. The molecule has 3 aromatic heterocycles. The first-order chi connectivity index (χ1) is 10.6. The molecule has 0 aliphatic carbocycles. The molecule has 1 N–H and O–H groups in total. The summed E-state index contributed by atoms with van der Waals surface area (Å²) in [6.07, 6.45) is 3.45. The maximum Gasteiger partial charge on any atom is 0.263 e. The minimum Gasteiger partial charge on any atom is -0.345 e. The maximum atomic E-state index is 12.5. The lowest BCUT2D eigenvalue weighted by atomic mass is 10.1. The normalized spacial score (nSPS) is 12.1. The highest BCUT2D eigenvalue weighted by molar-refractivity contribution is 7.17. The van der Waals surface area contributed by atoms with E-state index in [4.69, 9.17) is 0 Å². The average molecular weight is 329 g/mol. The Morgan fingerprint density at radius 3 is 2.73 bits per heavy atom. The smallest absolute Gasteiger partial charge is 0.263 e. The Morgan fingerprint density at radius 2 is 2.05 bits per heavy atom. The molecule has 0 aliphatic rings. The molecule has 0 radical (unpaired) electrons. The van der Waals surface area contributed by atoms with Crippen molar-refractivity contribution in [1.29, 1.82) is 0 Å². The van der Waals surface area contributed by atoms with Gasteiger partial charge in [0.15, 0.2) is 0 Å². The van der Waals surface area contributed by atoms with Gasteiger partial charge in [-0.3, -0.25) is 9.78 Å². The molecule has 6 heteroatoms. The molecule has 4 nitrogen and oxygen atoms in total. The van der Waals surface area contributed by atoms with Crippen molar-refractivity contribution in [1.82, 2.24) is 15.3 Å². The molecule has 3 heterocycles. The summed E-state index contributed by atoms with van der Waals surface area (Å²) >= 11 is 3.06. The Hall–Kier alpha value is -2.05. The number of hydrogen-bond donors (Lipinski definition) is 1. The van der Waals surface area contributed by atoms with Crippen molar-refractivity contribution in [2.45, 2.75) is 19.9 Å². The largest absolute Gasteiger partial charge is 0.345 e. The fourth-order valence-electron chi connectivity index (χ4n) is 2.11. The van der Waals surface area contributed by atoms with Crippen LogP contribution in [0.1, 0.15) is 33.9 Å². The van der Waals surface area contributed by atoms with Crippen molar-refractivity contribution in [3.63, 3.8) is 0 Å². The second kappa shape index (κ2) is 6.37. The van der Waals surface area contributed by atoms with E-state index in [2.05, 4.69) is 15.3 Å². The van der Waals surface area contributed by atoms with Gasteiger partial charge in [-0.2, -0.15) is 11.3 Å². The molecule has 0 aromatic carbocycles. The summed E-state index contributed by atoms with van der Waals surface area (Å²) in [6.45, 7) is 3.84. The van der Waals surface area contributed by atoms with Crippen LogP contribution >= 0.6 is 22.7 Å². The zero-order valence-corrected chi connectivity index (χ0v) is 13.9. The van der Waals surface area contributed by atoms with Crippen LogP contribution in [-0.4, -0.2) is 15.9 Å². The molecular formula is C16H15N3OS2. The van der Waals surface area contributed by atoms with E-state index in [1.807, 2.05) is 42.8 Å². The monoisotopic (exact) mass is 329 g/mol. The third-order valence-corrected chi connectivity index (χ3v) is 5.21. The third kappa shape index (κ3) is 3.08. The predicted octanol–water partition coefficient (Wildman–Crippen LogP) is 4.07. The molecule has 0 bridgehead atoms. The molecule has 112 valence electrons. The van der Waals surface area contributed by atoms with Gasteiger partial charge in [-0.1, -0.05) is 0 Å². The van der Waals surface area contributed by atoms with Gasteiger partial charge in [0, 0.05) is 23.3 Å². The number of rotatable bonds is 4. The average Bonchev–Trinajstić information content (AvgIpc) is 3.17. The molecule has 0 saturated carbocycles. The van der Waals surface area contributed by atoms with E-state index in [0.717, 1.165) is 21.8 Å². The van der Waals surface area contributed by atoms with Gasteiger partial charge >= 0.3 is 0 Å². The van der Waals surface area contributed by atoms with E-state index >= 15 is 0 Å². The SMILES string of the molecule is Cc1nc(-c2ccsc2)sc1C(=O)NC(C)c1ccncc1. The lowest BCUT2D eigenvalue weighted by molar-refractivity contribution is 0.0943. The first kappa shape index (κ1) is 14.9. The summed E-state index contributed by atoms with van der Waals surface area (Å²) in [7, 11) is 0.